The fraction of sp³-hybridized carbons (Fsp3) is 0.219. The molecule has 2 heteroatoms. The van der Waals surface area contributed by atoms with Gasteiger partial charge in [0.15, 0.2) is 0 Å². The van der Waals surface area contributed by atoms with Crippen LogP contribution in [0, 0.1) is 0 Å². The summed E-state index contributed by atoms with van der Waals surface area (Å²) < 4.78 is 0. The van der Waals surface area contributed by atoms with Crippen LogP contribution in [0.25, 0.3) is 32.3 Å². The summed E-state index contributed by atoms with van der Waals surface area (Å²) in [6.07, 6.45) is 5.53. The Morgan fingerprint density at radius 2 is 1.53 bits per heavy atom. The van der Waals surface area contributed by atoms with Gasteiger partial charge in [0, 0.05) is 12.5 Å². The van der Waals surface area contributed by atoms with Gasteiger partial charge >= 0.3 is 0 Å². The molecule has 0 saturated heterocycles. The molecule has 1 N–H and O–H groups in total. The summed E-state index contributed by atoms with van der Waals surface area (Å²) in [6, 6.07) is 34.3. The van der Waals surface area contributed by atoms with Crippen molar-refractivity contribution in [1.82, 2.24) is 5.32 Å². The molecule has 0 bridgehead atoms. The summed E-state index contributed by atoms with van der Waals surface area (Å²) in [5, 5.41) is 11.5. The Kier molecular flexibility index (Phi) is 4.65. The fourth-order valence-electron chi connectivity index (χ4n) is 6.55. The molecular formula is C32H28N2. The van der Waals surface area contributed by atoms with E-state index in [4.69, 9.17) is 4.99 Å². The molecule has 0 radical (unpaired) electrons. The molecule has 1 aliphatic carbocycles. The van der Waals surface area contributed by atoms with Crippen LogP contribution >= 0.6 is 0 Å². The van der Waals surface area contributed by atoms with Crippen molar-refractivity contribution >= 4 is 38.7 Å². The normalized spacial score (nSPS) is 20.5. The highest BCUT2D eigenvalue weighted by atomic mass is 15.1. The maximum absolute atomic E-state index is 4.91. The molecule has 3 unspecified atom stereocenters. The second kappa shape index (κ2) is 7.99. The predicted octanol–water partition coefficient (Wildman–Crippen LogP) is 7.35. The van der Waals surface area contributed by atoms with Gasteiger partial charge in [-0.3, -0.25) is 4.99 Å². The molecule has 7 rings (SSSR count). The number of hydrogen-bond acceptors (Lipinski definition) is 2. The van der Waals surface area contributed by atoms with Gasteiger partial charge in [-0.25, -0.2) is 0 Å². The Bertz CT molecular complexity index is 1560. The molecule has 34 heavy (non-hydrogen) atoms. The van der Waals surface area contributed by atoms with Gasteiger partial charge in [-0.15, -0.1) is 0 Å². The minimum atomic E-state index is 0.268. The van der Waals surface area contributed by atoms with E-state index in [2.05, 4.69) is 96.3 Å². The van der Waals surface area contributed by atoms with Gasteiger partial charge in [0.25, 0.3) is 0 Å². The van der Waals surface area contributed by atoms with Crippen molar-refractivity contribution in [3.8, 4) is 0 Å². The summed E-state index contributed by atoms with van der Waals surface area (Å²) in [7, 11) is 0. The Morgan fingerprint density at radius 1 is 0.735 bits per heavy atom. The van der Waals surface area contributed by atoms with Crippen LogP contribution in [0.3, 0.4) is 0 Å². The molecule has 1 aliphatic heterocycles. The number of nitrogens with zero attached hydrogens (tertiary/aromatic N) is 1. The Hall–Kier alpha value is -3.65. The van der Waals surface area contributed by atoms with Crippen LogP contribution in [0.4, 0.5) is 0 Å². The highest BCUT2D eigenvalue weighted by Gasteiger charge is 2.36. The largest absolute Gasteiger partial charge is 0.374 e. The molecule has 2 nitrogen and oxygen atoms in total. The zero-order valence-corrected chi connectivity index (χ0v) is 19.2. The number of hydrogen-bond donors (Lipinski definition) is 1. The molecule has 0 spiro atoms. The maximum Gasteiger partial charge on any atom is 0.0829 e. The second-order valence-corrected chi connectivity index (χ2v) is 9.90. The summed E-state index contributed by atoms with van der Waals surface area (Å²) >= 11 is 0. The lowest BCUT2D eigenvalue weighted by Gasteiger charge is -2.36. The van der Waals surface area contributed by atoms with E-state index in [1.165, 1.54) is 56.3 Å². The third-order valence-corrected chi connectivity index (χ3v) is 8.11. The average Bonchev–Trinajstić information content (AvgIpc) is 3.43. The summed E-state index contributed by atoms with van der Waals surface area (Å²) in [5.74, 6) is 0.843. The third kappa shape index (κ3) is 3.13. The monoisotopic (exact) mass is 440 g/mol. The van der Waals surface area contributed by atoms with Gasteiger partial charge in [0.05, 0.1) is 12.4 Å². The molecule has 0 aromatic heterocycles. The number of aliphatic imine (C=N–C) groups is 1. The standard InChI is InChI=1S/C32H28N2/c1-2-8-23-18-24(13-12-21(23)6-1)32(31-19-33-20-34-31)30-11-5-10-26-28-15-14-22-7-3-4-9-25(22)27(28)16-17-29(26)30/h1-4,6-9,12-18,20,30-32H,5,10-11,19H2,(H,33,34). The molecule has 5 aromatic carbocycles. The number of fused-ring (bicyclic) bond motifs is 6. The van der Waals surface area contributed by atoms with Crippen molar-refractivity contribution in [2.75, 3.05) is 6.54 Å². The van der Waals surface area contributed by atoms with Crippen LogP contribution in [0.1, 0.15) is 41.4 Å². The van der Waals surface area contributed by atoms with E-state index < -0.39 is 0 Å². The molecule has 0 fully saturated rings. The lowest BCUT2D eigenvalue weighted by atomic mass is 9.69. The zero-order chi connectivity index (χ0) is 22.5. The molecule has 1 heterocycles. The highest BCUT2D eigenvalue weighted by molar-refractivity contribution is 6.08. The minimum Gasteiger partial charge on any atom is -0.374 e. The third-order valence-electron chi connectivity index (χ3n) is 8.11. The number of aryl methyl sites for hydroxylation is 1. The van der Waals surface area contributed by atoms with E-state index in [0.29, 0.717) is 11.8 Å². The van der Waals surface area contributed by atoms with Crippen LogP contribution in [-0.4, -0.2) is 18.9 Å². The molecule has 3 atom stereocenters. The highest BCUT2D eigenvalue weighted by Crippen LogP contribution is 2.47. The van der Waals surface area contributed by atoms with Crippen LogP contribution in [0.2, 0.25) is 0 Å². The lowest BCUT2D eigenvalue weighted by Crippen LogP contribution is -2.29. The Labute approximate surface area is 200 Å². The Balaban J connectivity index is 1.40. The zero-order valence-electron chi connectivity index (χ0n) is 19.2. The van der Waals surface area contributed by atoms with E-state index in [0.717, 1.165) is 13.0 Å². The summed E-state index contributed by atoms with van der Waals surface area (Å²) in [6.45, 7) is 0.918. The van der Waals surface area contributed by atoms with E-state index in [-0.39, 0.29) is 6.04 Å². The first-order valence-electron chi connectivity index (χ1n) is 12.5. The van der Waals surface area contributed by atoms with Gasteiger partial charge in [-0.1, -0.05) is 91.0 Å². The minimum absolute atomic E-state index is 0.268. The van der Waals surface area contributed by atoms with Crippen LogP contribution in [0.15, 0.2) is 96.0 Å². The average molecular weight is 441 g/mol. The predicted molar refractivity (Wildman–Crippen MR) is 144 cm³/mol. The van der Waals surface area contributed by atoms with Crippen LogP contribution in [-0.2, 0) is 6.42 Å². The summed E-state index contributed by atoms with van der Waals surface area (Å²) in [4.78, 5) is 4.91. The molecular weight excluding hydrogens is 412 g/mol. The van der Waals surface area contributed by atoms with E-state index in [1.54, 1.807) is 5.56 Å². The lowest BCUT2D eigenvalue weighted by molar-refractivity contribution is 0.415. The van der Waals surface area contributed by atoms with Gasteiger partial charge < -0.3 is 5.32 Å². The van der Waals surface area contributed by atoms with Crippen molar-refractivity contribution in [3.63, 3.8) is 0 Å². The Morgan fingerprint density at radius 3 is 2.41 bits per heavy atom. The van der Waals surface area contributed by atoms with E-state index >= 15 is 0 Å². The SMILES string of the molecule is C1=NC(C(c2ccc3ccccc3c2)C2CCCc3c2ccc2c3ccc3ccccc32)CN1. The first-order chi connectivity index (χ1) is 16.9. The number of rotatable bonds is 3. The van der Waals surface area contributed by atoms with Crippen molar-refractivity contribution in [1.29, 1.82) is 0 Å². The van der Waals surface area contributed by atoms with Crippen LogP contribution < -0.4 is 5.32 Å². The first-order valence-corrected chi connectivity index (χ1v) is 12.5. The van der Waals surface area contributed by atoms with Crippen molar-refractivity contribution < 1.29 is 0 Å². The van der Waals surface area contributed by atoms with Crippen molar-refractivity contribution in [2.24, 2.45) is 4.99 Å². The van der Waals surface area contributed by atoms with E-state index in [9.17, 15) is 0 Å². The van der Waals surface area contributed by atoms with E-state index in [1.807, 2.05) is 6.34 Å². The molecule has 166 valence electrons. The fourth-order valence-corrected chi connectivity index (χ4v) is 6.55. The molecule has 0 amide bonds. The quantitative estimate of drug-likeness (QED) is 0.291. The van der Waals surface area contributed by atoms with Gasteiger partial charge in [0.2, 0.25) is 0 Å². The molecule has 2 aliphatic rings. The van der Waals surface area contributed by atoms with Crippen LogP contribution in [0.5, 0.6) is 0 Å². The van der Waals surface area contributed by atoms with Crippen molar-refractivity contribution in [3.05, 3.63) is 108 Å². The van der Waals surface area contributed by atoms with Gasteiger partial charge in [-0.05, 0) is 74.2 Å². The number of benzene rings is 5. The smallest absolute Gasteiger partial charge is 0.0829 e. The maximum atomic E-state index is 4.91. The molecule has 0 saturated carbocycles. The topological polar surface area (TPSA) is 24.4 Å². The first kappa shape index (κ1) is 19.8. The molecule has 5 aromatic rings. The van der Waals surface area contributed by atoms with Crippen molar-refractivity contribution in [2.45, 2.75) is 37.1 Å². The second-order valence-electron chi connectivity index (χ2n) is 9.90. The summed E-state index contributed by atoms with van der Waals surface area (Å²) in [5.41, 5.74) is 4.51. The van der Waals surface area contributed by atoms with Gasteiger partial charge in [0.1, 0.15) is 0 Å². The van der Waals surface area contributed by atoms with Gasteiger partial charge in [-0.2, -0.15) is 0 Å². The number of nitrogens with one attached hydrogen (secondary N) is 1.